The molecular formula is C20H20FN3OS. The Morgan fingerprint density at radius 2 is 1.69 bits per heavy atom. The smallest absolute Gasteiger partial charge is 0.191 e. The Morgan fingerprint density at radius 1 is 1.04 bits per heavy atom. The van der Waals surface area contributed by atoms with Crippen molar-refractivity contribution in [3.63, 3.8) is 0 Å². The van der Waals surface area contributed by atoms with Gasteiger partial charge >= 0.3 is 0 Å². The number of hydrogen-bond donors (Lipinski definition) is 0. The number of halogens is 1. The molecule has 0 unspecified atom stereocenters. The van der Waals surface area contributed by atoms with Gasteiger partial charge in [0.25, 0.3) is 0 Å². The molecule has 26 heavy (non-hydrogen) atoms. The first kappa shape index (κ1) is 18.3. The van der Waals surface area contributed by atoms with E-state index in [2.05, 4.69) is 10.2 Å². The molecule has 0 aliphatic heterocycles. The second-order valence-corrected chi connectivity index (χ2v) is 7.28. The minimum Gasteiger partial charge on any atom is -0.305 e. The van der Waals surface area contributed by atoms with Gasteiger partial charge in [-0.05, 0) is 67.8 Å². The van der Waals surface area contributed by atoms with Crippen LogP contribution in [0.2, 0.25) is 0 Å². The number of ketones is 1. The van der Waals surface area contributed by atoms with Crippen molar-refractivity contribution in [2.75, 3.05) is 5.75 Å². The Morgan fingerprint density at radius 3 is 2.38 bits per heavy atom. The summed E-state index contributed by atoms with van der Waals surface area (Å²) in [6.45, 7) is 6.01. The van der Waals surface area contributed by atoms with Crippen LogP contribution in [0.25, 0.3) is 11.4 Å². The Kier molecular flexibility index (Phi) is 5.23. The van der Waals surface area contributed by atoms with Crippen LogP contribution in [0.1, 0.15) is 27.0 Å². The van der Waals surface area contributed by atoms with E-state index >= 15 is 0 Å². The van der Waals surface area contributed by atoms with Crippen molar-refractivity contribution in [2.45, 2.75) is 25.9 Å². The molecule has 0 fully saturated rings. The van der Waals surface area contributed by atoms with E-state index in [4.69, 9.17) is 0 Å². The third-order valence-corrected chi connectivity index (χ3v) is 5.43. The Labute approximate surface area is 156 Å². The molecule has 4 nitrogen and oxygen atoms in total. The lowest BCUT2D eigenvalue weighted by Crippen LogP contribution is -2.07. The van der Waals surface area contributed by atoms with Crippen LogP contribution in [-0.2, 0) is 7.05 Å². The van der Waals surface area contributed by atoms with E-state index in [0.717, 1.165) is 22.3 Å². The number of thioether (sulfide) groups is 1. The van der Waals surface area contributed by atoms with Crippen molar-refractivity contribution < 1.29 is 9.18 Å². The van der Waals surface area contributed by atoms with Gasteiger partial charge in [-0.2, -0.15) is 0 Å². The zero-order chi connectivity index (χ0) is 18.8. The van der Waals surface area contributed by atoms with Crippen LogP contribution in [0, 0.1) is 26.6 Å². The van der Waals surface area contributed by atoms with Crippen molar-refractivity contribution in [3.8, 4) is 11.4 Å². The van der Waals surface area contributed by atoms with Crippen LogP contribution in [0.3, 0.4) is 0 Å². The molecule has 6 heteroatoms. The number of aromatic nitrogens is 3. The molecule has 2 aromatic carbocycles. The molecule has 0 atom stereocenters. The Bertz CT molecular complexity index is 964. The summed E-state index contributed by atoms with van der Waals surface area (Å²) in [6, 6.07) is 10.1. The van der Waals surface area contributed by atoms with Crippen molar-refractivity contribution in [2.24, 2.45) is 7.05 Å². The number of hydrogen-bond acceptors (Lipinski definition) is 4. The van der Waals surface area contributed by atoms with Gasteiger partial charge in [0.1, 0.15) is 5.82 Å². The largest absolute Gasteiger partial charge is 0.305 e. The van der Waals surface area contributed by atoms with Crippen molar-refractivity contribution in [3.05, 3.63) is 64.5 Å². The van der Waals surface area contributed by atoms with Crippen molar-refractivity contribution >= 4 is 17.5 Å². The second-order valence-electron chi connectivity index (χ2n) is 6.34. The zero-order valence-corrected chi connectivity index (χ0v) is 16.0. The van der Waals surface area contributed by atoms with E-state index in [9.17, 15) is 9.18 Å². The molecule has 0 saturated heterocycles. The highest BCUT2D eigenvalue weighted by Gasteiger charge is 2.15. The third kappa shape index (κ3) is 3.70. The fourth-order valence-corrected chi connectivity index (χ4v) is 3.55. The number of aryl methyl sites for hydroxylation is 3. The molecule has 1 heterocycles. The number of benzene rings is 2. The number of carbonyl (C=O) groups is 1. The molecule has 3 aromatic rings. The van der Waals surface area contributed by atoms with Gasteiger partial charge < -0.3 is 4.57 Å². The molecule has 0 radical (unpaired) electrons. The first-order valence-electron chi connectivity index (χ1n) is 8.26. The number of carbonyl (C=O) groups excluding carboxylic acids is 1. The van der Waals surface area contributed by atoms with Crippen LogP contribution in [0.5, 0.6) is 0 Å². The summed E-state index contributed by atoms with van der Waals surface area (Å²) in [5, 5.41) is 8.98. The average Bonchev–Trinajstić information content (AvgIpc) is 2.97. The number of nitrogens with zero attached hydrogens (tertiary/aromatic N) is 3. The first-order valence-corrected chi connectivity index (χ1v) is 9.24. The maximum Gasteiger partial charge on any atom is 0.191 e. The highest BCUT2D eigenvalue weighted by atomic mass is 32.2. The molecule has 0 bridgehead atoms. The maximum absolute atomic E-state index is 13.1. The minimum absolute atomic E-state index is 0.0712. The molecular weight excluding hydrogens is 349 g/mol. The molecule has 0 saturated carbocycles. The lowest BCUT2D eigenvalue weighted by molar-refractivity contribution is 0.102. The maximum atomic E-state index is 13.1. The van der Waals surface area contributed by atoms with E-state index in [1.165, 1.54) is 29.5 Å². The van der Waals surface area contributed by atoms with Gasteiger partial charge in [-0.15, -0.1) is 10.2 Å². The summed E-state index contributed by atoms with van der Waals surface area (Å²) in [5.74, 6) is 0.711. The number of Topliss-reactive ketones (excluding diaryl/α,β-unsaturated/α-hetero) is 1. The molecule has 0 N–H and O–H groups in total. The van der Waals surface area contributed by atoms with E-state index in [1.807, 2.05) is 44.5 Å². The van der Waals surface area contributed by atoms with Gasteiger partial charge in [0.2, 0.25) is 0 Å². The van der Waals surface area contributed by atoms with Crippen molar-refractivity contribution in [1.29, 1.82) is 0 Å². The predicted molar refractivity (Wildman–Crippen MR) is 102 cm³/mol. The van der Waals surface area contributed by atoms with E-state index in [0.29, 0.717) is 16.7 Å². The molecule has 3 rings (SSSR count). The molecule has 0 aliphatic rings. The monoisotopic (exact) mass is 369 g/mol. The molecule has 1 aromatic heterocycles. The molecule has 0 amide bonds. The summed E-state index contributed by atoms with van der Waals surface area (Å²) >= 11 is 1.35. The quantitative estimate of drug-likeness (QED) is 0.490. The van der Waals surface area contributed by atoms with E-state index in [1.54, 1.807) is 12.1 Å². The number of rotatable bonds is 5. The summed E-state index contributed by atoms with van der Waals surface area (Å²) in [4.78, 5) is 12.6. The van der Waals surface area contributed by atoms with Crippen LogP contribution in [0.4, 0.5) is 4.39 Å². The van der Waals surface area contributed by atoms with Crippen LogP contribution in [0.15, 0.2) is 41.6 Å². The van der Waals surface area contributed by atoms with Crippen molar-refractivity contribution in [1.82, 2.24) is 14.8 Å². The van der Waals surface area contributed by atoms with Gasteiger partial charge in [-0.25, -0.2) is 4.39 Å². The van der Waals surface area contributed by atoms with Gasteiger partial charge in [0.15, 0.2) is 16.8 Å². The van der Waals surface area contributed by atoms with Gasteiger partial charge in [-0.3, -0.25) is 4.79 Å². The van der Waals surface area contributed by atoms with Gasteiger partial charge in [-0.1, -0.05) is 17.8 Å². The fourth-order valence-electron chi connectivity index (χ4n) is 2.76. The van der Waals surface area contributed by atoms with E-state index in [-0.39, 0.29) is 11.6 Å². The summed E-state index contributed by atoms with van der Waals surface area (Å²) in [7, 11) is 1.84. The van der Waals surface area contributed by atoms with Crippen LogP contribution < -0.4 is 0 Å². The highest BCUT2D eigenvalue weighted by Crippen LogP contribution is 2.24. The molecule has 134 valence electrons. The second kappa shape index (κ2) is 7.41. The predicted octanol–water partition coefficient (Wildman–Crippen LogP) is 4.52. The van der Waals surface area contributed by atoms with Crippen LogP contribution in [-0.4, -0.2) is 26.3 Å². The van der Waals surface area contributed by atoms with Crippen LogP contribution >= 0.6 is 11.8 Å². The standard InChI is InChI=1S/C20H20FN3OS/c1-12-9-14(3)17(10-13(12)2)18(25)11-26-20-23-22-19(24(20)4)15-5-7-16(21)8-6-15/h5-10H,11H2,1-4H3. The Balaban J connectivity index is 1.75. The lowest BCUT2D eigenvalue weighted by atomic mass is 9.99. The fraction of sp³-hybridized carbons (Fsp3) is 0.250. The minimum atomic E-state index is -0.292. The van der Waals surface area contributed by atoms with Gasteiger partial charge in [0, 0.05) is 18.2 Å². The molecule has 0 spiro atoms. The normalized spacial score (nSPS) is 11.0. The SMILES string of the molecule is Cc1cc(C)c(C(=O)CSc2nnc(-c3ccc(F)cc3)n2C)cc1C. The first-order chi connectivity index (χ1) is 12.4. The highest BCUT2D eigenvalue weighted by molar-refractivity contribution is 7.99. The Hall–Kier alpha value is -2.47. The zero-order valence-electron chi connectivity index (χ0n) is 15.2. The summed E-state index contributed by atoms with van der Waals surface area (Å²) < 4.78 is 14.9. The average molecular weight is 369 g/mol. The van der Waals surface area contributed by atoms with Gasteiger partial charge in [0.05, 0.1) is 5.75 Å². The third-order valence-electron chi connectivity index (χ3n) is 4.41. The topological polar surface area (TPSA) is 47.8 Å². The summed E-state index contributed by atoms with van der Waals surface area (Å²) in [6.07, 6.45) is 0. The molecule has 0 aliphatic carbocycles. The summed E-state index contributed by atoms with van der Waals surface area (Å²) in [5.41, 5.74) is 4.82. The lowest BCUT2D eigenvalue weighted by Gasteiger charge is -2.09. The van der Waals surface area contributed by atoms with E-state index < -0.39 is 0 Å².